The van der Waals surface area contributed by atoms with Crippen molar-refractivity contribution in [3.8, 4) is 0 Å². The molecule has 0 saturated carbocycles. The van der Waals surface area contributed by atoms with Crippen LogP contribution in [0.5, 0.6) is 0 Å². The fourth-order valence-corrected chi connectivity index (χ4v) is 4.39. The Morgan fingerprint density at radius 1 is 1.03 bits per heavy atom. The van der Waals surface area contributed by atoms with Gasteiger partial charge in [-0.05, 0) is 58.6 Å². The van der Waals surface area contributed by atoms with E-state index in [0.29, 0.717) is 6.54 Å². The van der Waals surface area contributed by atoms with Gasteiger partial charge in [-0.2, -0.15) is 0 Å². The molecule has 2 aromatic heterocycles. The Hall–Kier alpha value is -2.87. The number of aromatic nitrogens is 1. The number of hydrogen-bond donors (Lipinski definition) is 3. The molecule has 2 aromatic carbocycles. The van der Waals surface area contributed by atoms with E-state index in [1.807, 2.05) is 66.0 Å². The molecule has 0 bridgehead atoms. The maximum atomic E-state index is 12.9. The Bertz CT molecular complexity index is 1160. The summed E-state index contributed by atoms with van der Waals surface area (Å²) in [7, 11) is 0. The minimum Gasteiger partial charge on any atom is -0.350 e. The second-order valence-electron chi connectivity index (χ2n) is 6.43. The summed E-state index contributed by atoms with van der Waals surface area (Å²) < 4.78 is 3.29. The molecular weight excluding hydrogens is 402 g/mol. The summed E-state index contributed by atoms with van der Waals surface area (Å²) in [6.07, 6.45) is 0. The summed E-state index contributed by atoms with van der Waals surface area (Å²) in [5.74, 6) is -0.0813. The molecule has 1 atom stereocenters. The summed E-state index contributed by atoms with van der Waals surface area (Å²) in [6, 6.07) is 22.2. The quantitative estimate of drug-likeness (QED) is 0.390. The fraction of sp³-hybridized carbons (Fsp3) is 0.0909. The van der Waals surface area contributed by atoms with Crippen molar-refractivity contribution in [3.63, 3.8) is 0 Å². The monoisotopic (exact) mass is 421 g/mol. The van der Waals surface area contributed by atoms with Crippen molar-refractivity contribution in [3.05, 3.63) is 99.0 Å². The molecule has 0 unspecified atom stereocenters. The smallest absolute Gasteiger partial charge is 0.248 e. The van der Waals surface area contributed by atoms with Crippen molar-refractivity contribution in [1.82, 2.24) is 15.0 Å². The highest BCUT2D eigenvalue weighted by molar-refractivity contribution is 7.97. The summed E-state index contributed by atoms with van der Waals surface area (Å²) in [4.78, 5) is 29.2. The zero-order chi connectivity index (χ0) is 20.1. The van der Waals surface area contributed by atoms with Gasteiger partial charge in [0, 0.05) is 21.4 Å². The second-order valence-corrected chi connectivity index (χ2v) is 8.38. The molecule has 0 aliphatic rings. The number of carbonyl (C=O) groups excluding carboxylic acids is 1. The lowest BCUT2D eigenvalue weighted by Crippen LogP contribution is -2.34. The highest BCUT2D eigenvalue weighted by atomic mass is 32.2. The van der Waals surface area contributed by atoms with Crippen LogP contribution in [0.3, 0.4) is 0 Å². The molecule has 29 heavy (non-hydrogen) atoms. The molecule has 1 amide bonds. The molecule has 7 heteroatoms. The normalized spacial score (nSPS) is 12.0. The molecule has 4 aromatic rings. The van der Waals surface area contributed by atoms with Crippen molar-refractivity contribution in [1.29, 1.82) is 0 Å². The lowest BCUT2D eigenvalue weighted by Gasteiger charge is -2.18. The van der Waals surface area contributed by atoms with Gasteiger partial charge in [0.15, 0.2) is 0 Å². The van der Waals surface area contributed by atoms with E-state index in [2.05, 4.69) is 15.0 Å². The van der Waals surface area contributed by atoms with Crippen LogP contribution in [-0.4, -0.2) is 10.9 Å². The lowest BCUT2D eigenvalue weighted by molar-refractivity contribution is -0.122. The Balaban J connectivity index is 1.50. The summed E-state index contributed by atoms with van der Waals surface area (Å²) >= 11 is 3.01. The minimum atomic E-state index is -0.493. The van der Waals surface area contributed by atoms with Crippen molar-refractivity contribution in [2.75, 3.05) is 0 Å². The molecule has 0 radical (unpaired) electrons. The first-order valence-corrected chi connectivity index (χ1v) is 10.8. The van der Waals surface area contributed by atoms with E-state index in [4.69, 9.17) is 0 Å². The first kappa shape index (κ1) is 19.4. The molecule has 3 N–H and O–H groups in total. The maximum absolute atomic E-state index is 12.9. The molecule has 4 rings (SSSR count). The largest absolute Gasteiger partial charge is 0.350 e. The van der Waals surface area contributed by atoms with Gasteiger partial charge in [-0.3, -0.25) is 9.59 Å². The topological polar surface area (TPSA) is 74.0 Å². The molecule has 5 nitrogen and oxygen atoms in total. The summed E-state index contributed by atoms with van der Waals surface area (Å²) in [6.45, 7) is 0.509. The van der Waals surface area contributed by atoms with Crippen molar-refractivity contribution in [2.24, 2.45) is 0 Å². The highest BCUT2D eigenvalue weighted by Gasteiger charge is 2.20. The van der Waals surface area contributed by atoms with Crippen LogP contribution in [0.4, 0.5) is 0 Å². The zero-order valence-corrected chi connectivity index (χ0v) is 17.1. The van der Waals surface area contributed by atoms with Crippen molar-refractivity contribution < 1.29 is 4.79 Å². The van der Waals surface area contributed by atoms with E-state index in [1.165, 1.54) is 18.0 Å². The molecular formula is C22H19N3O2S2. The summed E-state index contributed by atoms with van der Waals surface area (Å²) in [5.41, 5.74) is 1.56. The van der Waals surface area contributed by atoms with Crippen LogP contribution in [0.15, 0.2) is 87.9 Å². The van der Waals surface area contributed by atoms with Crippen molar-refractivity contribution >= 4 is 40.1 Å². The molecule has 2 heterocycles. The van der Waals surface area contributed by atoms with Crippen LogP contribution in [0.2, 0.25) is 0 Å². The molecule has 0 aliphatic carbocycles. The van der Waals surface area contributed by atoms with E-state index in [9.17, 15) is 9.59 Å². The Morgan fingerprint density at radius 2 is 1.90 bits per heavy atom. The number of thiophene rings is 1. The van der Waals surface area contributed by atoms with E-state index in [1.54, 1.807) is 17.4 Å². The van der Waals surface area contributed by atoms with Gasteiger partial charge in [0.25, 0.3) is 0 Å². The SMILES string of the molecule is O=C(NCc1cccs1)[C@H](NSc1ccc2[nH]c(=O)ccc2c1)c1ccccc1. The van der Waals surface area contributed by atoms with Gasteiger partial charge in [-0.1, -0.05) is 36.4 Å². The van der Waals surface area contributed by atoms with Gasteiger partial charge in [0.1, 0.15) is 6.04 Å². The number of rotatable bonds is 7. The van der Waals surface area contributed by atoms with Crippen LogP contribution in [0, 0.1) is 0 Å². The van der Waals surface area contributed by atoms with E-state index >= 15 is 0 Å². The van der Waals surface area contributed by atoms with Gasteiger partial charge in [0.05, 0.1) is 6.54 Å². The molecule has 0 spiro atoms. The molecule has 0 saturated heterocycles. The number of hydrogen-bond acceptors (Lipinski definition) is 5. The average molecular weight is 422 g/mol. The second kappa shape index (κ2) is 9.09. The number of fused-ring (bicyclic) bond motifs is 1. The number of nitrogens with one attached hydrogen (secondary N) is 3. The lowest BCUT2D eigenvalue weighted by atomic mass is 10.1. The zero-order valence-electron chi connectivity index (χ0n) is 15.4. The van der Waals surface area contributed by atoms with Crippen LogP contribution >= 0.6 is 23.3 Å². The highest BCUT2D eigenvalue weighted by Crippen LogP contribution is 2.24. The van der Waals surface area contributed by atoms with Crippen LogP contribution in [-0.2, 0) is 11.3 Å². The standard InChI is InChI=1S/C22H19N3O2S2/c26-20-11-8-16-13-17(9-10-19(16)24-20)29-25-21(15-5-2-1-3-6-15)22(27)23-14-18-7-4-12-28-18/h1-13,21,25H,14H2,(H,23,27)(H,24,26)/t21-/m1/s1. The van der Waals surface area contributed by atoms with Gasteiger partial charge >= 0.3 is 0 Å². The van der Waals surface area contributed by atoms with Gasteiger partial charge in [0.2, 0.25) is 11.5 Å². The first-order chi connectivity index (χ1) is 14.2. The number of amides is 1. The predicted octanol–water partition coefficient (Wildman–Crippen LogP) is 4.24. The Morgan fingerprint density at radius 3 is 2.69 bits per heavy atom. The molecule has 146 valence electrons. The number of aromatic amines is 1. The Labute approximate surface area is 176 Å². The van der Waals surface area contributed by atoms with Crippen LogP contribution in [0.25, 0.3) is 10.9 Å². The first-order valence-electron chi connectivity index (χ1n) is 9.09. The average Bonchev–Trinajstić information content (AvgIpc) is 3.27. The predicted molar refractivity (Wildman–Crippen MR) is 119 cm³/mol. The number of carbonyl (C=O) groups is 1. The number of pyridine rings is 1. The fourth-order valence-electron chi connectivity index (χ4n) is 2.93. The third kappa shape index (κ3) is 4.95. The van der Waals surface area contributed by atoms with E-state index < -0.39 is 6.04 Å². The Kier molecular flexibility index (Phi) is 6.09. The summed E-state index contributed by atoms with van der Waals surface area (Å²) in [5, 5.41) is 5.95. The maximum Gasteiger partial charge on any atom is 0.248 e. The van der Waals surface area contributed by atoms with E-state index in [0.717, 1.165) is 26.2 Å². The van der Waals surface area contributed by atoms with Crippen LogP contribution in [0.1, 0.15) is 16.5 Å². The third-order valence-corrected chi connectivity index (χ3v) is 6.12. The van der Waals surface area contributed by atoms with Gasteiger partial charge < -0.3 is 10.3 Å². The molecule has 0 fully saturated rings. The minimum absolute atomic E-state index is 0.0813. The van der Waals surface area contributed by atoms with Gasteiger partial charge in [-0.25, -0.2) is 4.72 Å². The van der Waals surface area contributed by atoms with Crippen LogP contribution < -0.4 is 15.6 Å². The third-order valence-electron chi connectivity index (χ3n) is 4.40. The van der Waals surface area contributed by atoms with Gasteiger partial charge in [-0.15, -0.1) is 11.3 Å². The number of benzene rings is 2. The molecule has 0 aliphatic heterocycles. The van der Waals surface area contributed by atoms with Crippen molar-refractivity contribution in [2.45, 2.75) is 17.5 Å². The van der Waals surface area contributed by atoms with E-state index in [-0.39, 0.29) is 11.5 Å². The number of H-pyrrole nitrogens is 1.